The molecule has 0 bridgehead atoms. The van der Waals surface area contributed by atoms with Crippen molar-refractivity contribution in [3.05, 3.63) is 107 Å². The second-order valence-corrected chi connectivity index (χ2v) is 17.5. The van der Waals surface area contributed by atoms with E-state index < -0.39 is 0 Å². The van der Waals surface area contributed by atoms with Crippen LogP contribution in [0, 0.1) is 0 Å². The lowest BCUT2D eigenvalue weighted by atomic mass is 10.1. The van der Waals surface area contributed by atoms with Crippen LogP contribution >= 0.6 is 11.6 Å². The summed E-state index contributed by atoms with van der Waals surface area (Å²) in [6.07, 6.45) is 8.26. The molecule has 5 saturated heterocycles. The molecular weight excluding hydrogens is 838 g/mol. The van der Waals surface area contributed by atoms with Gasteiger partial charge in [0.15, 0.2) is 0 Å². The number of para-hydroxylation sites is 1. The highest BCUT2D eigenvalue weighted by molar-refractivity contribution is 6.31. The van der Waals surface area contributed by atoms with E-state index in [1.165, 1.54) is 25.7 Å². The number of pyridine rings is 2. The van der Waals surface area contributed by atoms with Crippen LogP contribution in [-0.2, 0) is 39.9 Å². The number of nitrogens with zero attached hydrogens (tertiary/aromatic N) is 10. The normalized spacial score (nSPS) is 17.8. The van der Waals surface area contributed by atoms with Crippen molar-refractivity contribution in [3.63, 3.8) is 0 Å². The molecule has 5 aliphatic heterocycles. The monoisotopic (exact) mass is 899 g/mol. The second-order valence-electron chi connectivity index (χ2n) is 17.0. The van der Waals surface area contributed by atoms with Crippen LogP contribution in [0.1, 0.15) is 48.7 Å². The van der Waals surface area contributed by atoms with Gasteiger partial charge in [-0.1, -0.05) is 35.9 Å². The molecule has 5 aliphatic rings. The first-order valence-corrected chi connectivity index (χ1v) is 24.1. The third-order valence-electron chi connectivity index (χ3n) is 12.4. The van der Waals surface area contributed by atoms with Gasteiger partial charge in [-0.05, 0) is 93.1 Å². The lowest BCUT2D eigenvalue weighted by Gasteiger charge is -2.29. The molecule has 0 radical (unpaired) electrons. The Balaban J connectivity index is 0.000000145. The first-order valence-electron chi connectivity index (χ1n) is 23.7. The number of benzene rings is 2. The van der Waals surface area contributed by atoms with Crippen LogP contribution in [0.3, 0.4) is 0 Å². The standard InChI is InChI=1S/C23H26ClN5O.C23H27N5O.C4H9NO/c24-17-6-8-20-19(16-17)23(29-12-14-30-15-13-29)27-21(26-20)9-7-18-4-3-5-22(25-18)28-10-1-2-11-28;1-2-8-20-19(7-1)23(28-14-16-29-17-15-28)26-21(25-20)11-10-18-6-5-9-22(24-18)27-12-3-4-13-27;1-3-6-4-2-5-1/h3-6,8,16H,1-2,7,9-15H2;1-2,5-9H,3-4,10-17H2;5H,1-4H2. The molecule has 342 valence electrons. The van der Waals surface area contributed by atoms with Crippen LogP contribution in [0.25, 0.3) is 21.8 Å². The Morgan fingerprint density at radius 2 is 0.938 bits per heavy atom. The number of halogens is 1. The van der Waals surface area contributed by atoms with Crippen molar-refractivity contribution in [3.8, 4) is 0 Å². The van der Waals surface area contributed by atoms with Gasteiger partial charge in [0.2, 0.25) is 0 Å². The molecule has 1 N–H and O–H groups in total. The van der Waals surface area contributed by atoms with E-state index in [2.05, 4.69) is 79.5 Å². The second kappa shape index (κ2) is 22.8. The average Bonchev–Trinajstić information content (AvgIpc) is 4.13. The molecule has 9 heterocycles. The quantitative estimate of drug-likeness (QED) is 0.156. The molecule has 0 amide bonds. The van der Waals surface area contributed by atoms with Gasteiger partial charge in [-0.15, -0.1) is 0 Å². The Morgan fingerprint density at radius 3 is 1.45 bits per heavy atom. The summed E-state index contributed by atoms with van der Waals surface area (Å²) in [6.45, 7) is 14.6. The predicted octanol–water partition coefficient (Wildman–Crippen LogP) is 6.75. The summed E-state index contributed by atoms with van der Waals surface area (Å²) in [6, 6.07) is 26.8. The van der Waals surface area contributed by atoms with Gasteiger partial charge in [0.25, 0.3) is 0 Å². The number of morpholine rings is 3. The summed E-state index contributed by atoms with van der Waals surface area (Å²) in [7, 11) is 0. The van der Waals surface area contributed by atoms with E-state index in [-0.39, 0.29) is 0 Å². The Hall–Kier alpha value is -5.25. The smallest absolute Gasteiger partial charge is 0.140 e. The zero-order chi connectivity index (χ0) is 44.0. The van der Waals surface area contributed by atoms with Crippen molar-refractivity contribution in [2.45, 2.75) is 51.4 Å². The Labute approximate surface area is 387 Å². The topological polar surface area (TPSA) is 130 Å². The molecule has 6 aromatic rings. The molecule has 0 aliphatic carbocycles. The molecule has 0 spiro atoms. The van der Waals surface area contributed by atoms with Gasteiger partial charge in [0.1, 0.15) is 34.9 Å². The van der Waals surface area contributed by atoms with Crippen LogP contribution in [-0.4, -0.2) is 135 Å². The van der Waals surface area contributed by atoms with Crippen LogP contribution < -0.4 is 24.9 Å². The van der Waals surface area contributed by atoms with E-state index in [9.17, 15) is 0 Å². The van der Waals surface area contributed by atoms with Crippen LogP contribution in [0.4, 0.5) is 23.3 Å². The maximum Gasteiger partial charge on any atom is 0.140 e. The number of ether oxygens (including phenoxy) is 3. The molecule has 4 aromatic heterocycles. The lowest BCUT2D eigenvalue weighted by molar-refractivity contribution is 0.109. The number of fused-ring (bicyclic) bond motifs is 2. The molecule has 0 unspecified atom stereocenters. The fraction of sp³-hybridized carbons (Fsp3) is 0.480. The minimum atomic E-state index is 0.705. The van der Waals surface area contributed by atoms with Crippen molar-refractivity contribution in [1.82, 2.24) is 35.2 Å². The highest BCUT2D eigenvalue weighted by Crippen LogP contribution is 2.29. The van der Waals surface area contributed by atoms with Crippen LogP contribution in [0.15, 0.2) is 78.9 Å². The predicted molar refractivity (Wildman–Crippen MR) is 260 cm³/mol. The highest BCUT2D eigenvalue weighted by Gasteiger charge is 2.20. The first-order chi connectivity index (χ1) is 32.1. The third kappa shape index (κ3) is 12.2. The van der Waals surface area contributed by atoms with Crippen molar-refractivity contribution in [2.24, 2.45) is 0 Å². The number of nitrogens with one attached hydrogen (secondary N) is 1. The van der Waals surface area contributed by atoms with Crippen molar-refractivity contribution < 1.29 is 14.2 Å². The summed E-state index contributed by atoms with van der Waals surface area (Å²) >= 11 is 6.27. The van der Waals surface area contributed by atoms with Gasteiger partial charge in [0.05, 0.1) is 50.7 Å². The first kappa shape index (κ1) is 44.9. The average molecular weight is 901 g/mol. The molecule has 0 saturated carbocycles. The molecule has 14 nitrogen and oxygen atoms in total. The Morgan fingerprint density at radius 1 is 0.446 bits per heavy atom. The lowest BCUT2D eigenvalue weighted by Crippen LogP contribution is -2.37. The number of aryl methyl sites for hydroxylation is 4. The summed E-state index contributed by atoms with van der Waals surface area (Å²) in [4.78, 5) is 38.7. The van der Waals surface area contributed by atoms with E-state index in [0.717, 1.165) is 186 Å². The molecule has 5 fully saturated rings. The number of rotatable bonds is 10. The molecule has 0 atom stereocenters. The highest BCUT2D eigenvalue weighted by atomic mass is 35.5. The largest absolute Gasteiger partial charge is 0.379 e. The molecule has 65 heavy (non-hydrogen) atoms. The number of hydrogen-bond donors (Lipinski definition) is 1. The summed E-state index contributed by atoms with van der Waals surface area (Å²) in [5.74, 6) is 5.92. The van der Waals surface area contributed by atoms with E-state index in [1.807, 2.05) is 24.3 Å². The number of hydrogen-bond acceptors (Lipinski definition) is 14. The van der Waals surface area contributed by atoms with E-state index in [4.69, 9.17) is 55.7 Å². The summed E-state index contributed by atoms with van der Waals surface area (Å²) < 4.78 is 16.1. The molecule has 11 rings (SSSR count). The van der Waals surface area contributed by atoms with Crippen molar-refractivity contribution >= 4 is 56.7 Å². The van der Waals surface area contributed by atoms with Gasteiger partial charge in [-0.3, -0.25) is 0 Å². The van der Waals surface area contributed by atoms with E-state index >= 15 is 0 Å². The Kier molecular flexibility index (Phi) is 15.7. The van der Waals surface area contributed by atoms with E-state index in [1.54, 1.807) is 0 Å². The third-order valence-corrected chi connectivity index (χ3v) is 12.7. The minimum Gasteiger partial charge on any atom is -0.379 e. The minimum absolute atomic E-state index is 0.705. The van der Waals surface area contributed by atoms with Gasteiger partial charge in [0, 0.05) is 105 Å². The fourth-order valence-corrected chi connectivity index (χ4v) is 9.12. The van der Waals surface area contributed by atoms with E-state index in [0.29, 0.717) is 18.2 Å². The van der Waals surface area contributed by atoms with Crippen LogP contribution in [0.5, 0.6) is 0 Å². The molecular formula is C50H62ClN11O3. The maximum atomic E-state index is 6.27. The van der Waals surface area contributed by atoms with Crippen molar-refractivity contribution in [1.29, 1.82) is 0 Å². The van der Waals surface area contributed by atoms with Gasteiger partial charge < -0.3 is 39.1 Å². The number of anilines is 4. The fourth-order valence-electron chi connectivity index (χ4n) is 8.95. The molecule has 15 heteroatoms. The molecule has 2 aromatic carbocycles. The van der Waals surface area contributed by atoms with Gasteiger partial charge in [-0.25, -0.2) is 29.9 Å². The van der Waals surface area contributed by atoms with Gasteiger partial charge in [-0.2, -0.15) is 0 Å². The SMILES string of the molecule is C1COCCN1.Clc1ccc2nc(CCc3cccc(N4CCCC4)n3)nc(N3CCOCC3)c2c1.c1cc(CCc2nc(N3CCOCC3)c3ccccc3n2)nc(N2CCCC2)c1. The van der Waals surface area contributed by atoms with Crippen LogP contribution in [0.2, 0.25) is 5.02 Å². The zero-order valence-electron chi connectivity index (χ0n) is 37.6. The maximum absolute atomic E-state index is 6.27. The van der Waals surface area contributed by atoms with Crippen molar-refractivity contribution in [2.75, 3.05) is 125 Å². The summed E-state index contributed by atoms with van der Waals surface area (Å²) in [5, 5.41) is 5.98. The Bertz CT molecular complexity index is 2440. The number of aromatic nitrogens is 6. The zero-order valence-corrected chi connectivity index (χ0v) is 38.3. The van der Waals surface area contributed by atoms with Gasteiger partial charge >= 0.3 is 0 Å². The summed E-state index contributed by atoms with van der Waals surface area (Å²) in [5.41, 5.74) is 4.15.